The molecule has 0 radical (unpaired) electrons. The SMILES string of the molecule is C[C@@H]1C=CC[C@H]2C(=O)N(c3ccc(C(=O)OCC(=O)Nc4ccccc4Cl)cc3)C(=O)[C@@H]12. The average molecular weight is 453 g/mol. The molecule has 7 nitrogen and oxygen atoms in total. The molecule has 1 aliphatic carbocycles. The molecule has 1 N–H and O–H groups in total. The van der Waals surface area contributed by atoms with Crippen molar-refractivity contribution >= 4 is 46.7 Å². The largest absolute Gasteiger partial charge is 0.452 e. The number of carbonyl (C=O) groups is 4. The lowest BCUT2D eigenvalue weighted by atomic mass is 9.78. The third-order valence-corrected chi connectivity index (χ3v) is 6.05. The van der Waals surface area contributed by atoms with Crippen LogP contribution in [0.15, 0.2) is 60.7 Å². The molecule has 2 aliphatic rings. The van der Waals surface area contributed by atoms with E-state index in [1.54, 1.807) is 24.3 Å². The van der Waals surface area contributed by atoms with Crippen molar-refractivity contribution in [2.24, 2.45) is 17.8 Å². The topological polar surface area (TPSA) is 92.8 Å². The molecule has 1 heterocycles. The lowest BCUT2D eigenvalue weighted by Gasteiger charge is -2.22. The number of ether oxygens (including phenoxy) is 1. The van der Waals surface area contributed by atoms with Crippen LogP contribution in [-0.4, -0.2) is 30.3 Å². The zero-order valence-electron chi connectivity index (χ0n) is 17.3. The van der Waals surface area contributed by atoms with Crippen molar-refractivity contribution in [1.82, 2.24) is 0 Å². The molecule has 3 amide bonds. The van der Waals surface area contributed by atoms with Crippen LogP contribution in [0.1, 0.15) is 23.7 Å². The Morgan fingerprint density at radius 2 is 1.81 bits per heavy atom. The third-order valence-electron chi connectivity index (χ3n) is 5.72. The number of nitrogens with one attached hydrogen (secondary N) is 1. The van der Waals surface area contributed by atoms with Crippen LogP contribution in [0.2, 0.25) is 5.02 Å². The molecule has 0 aromatic heterocycles. The lowest BCUT2D eigenvalue weighted by Crippen LogP contribution is -2.31. The normalized spacial score (nSPS) is 21.9. The van der Waals surface area contributed by atoms with Crippen molar-refractivity contribution in [3.63, 3.8) is 0 Å². The molecule has 0 bridgehead atoms. The zero-order chi connectivity index (χ0) is 22.8. The van der Waals surface area contributed by atoms with E-state index in [1.165, 1.54) is 29.2 Å². The van der Waals surface area contributed by atoms with Crippen molar-refractivity contribution in [3.05, 3.63) is 71.3 Å². The molecule has 2 aromatic rings. The number of imide groups is 1. The minimum absolute atomic E-state index is 0.00126. The van der Waals surface area contributed by atoms with Crippen molar-refractivity contribution in [2.75, 3.05) is 16.8 Å². The Bertz CT molecular complexity index is 1110. The van der Waals surface area contributed by atoms with E-state index in [0.717, 1.165) is 0 Å². The fraction of sp³-hybridized carbons (Fsp3) is 0.250. The quantitative estimate of drug-likeness (QED) is 0.422. The highest BCUT2D eigenvalue weighted by atomic mass is 35.5. The predicted octanol–water partition coefficient (Wildman–Crippen LogP) is 3.84. The molecule has 0 saturated carbocycles. The first-order valence-corrected chi connectivity index (χ1v) is 10.6. The summed E-state index contributed by atoms with van der Waals surface area (Å²) in [7, 11) is 0. The fourth-order valence-electron chi connectivity index (χ4n) is 4.11. The fourth-order valence-corrected chi connectivity index (χ4v) is 4.29. The Balaban J connectivity index is 1.38. The Labute approximate surface area is 190 Å². The number of allylic oxidation sites excluding steroid dienone is 2. The Morgan fingerprint density at radius 1 is 1.09 bits per heavy atom. The van der Waals surface area contributed by atoms with E-state index in [9.17, 15) is 19.2 Å². The molecule has 1 fully saturated rings. The van der Waals surface area contributed by atoms with E-state index in [4.69, 9.17) is 16.3 Å². The summed E-state index contributed by atoms with van der Waals surface area (Å²) in [6.45, 7) is 1.45. The van der Waals surface area contributed by atoms with E-state index in [0.29, 0.717) is 22.8 Å². The molecular formula is C24H21ClN2O5. The van der Waals surface area contributed by atoms with Gasteiger partial charge in [0.25, 0.3) is 5.91 Å². The molecule has 164 valence electrons. The number of anilines is 2. The Hall–Kier alpha value is -3.45. The molecular weight excluding hydrogens is 432 g/mol. The van der Waals surface area contributed by atoms with E-state index >= 15 is 0 Å². The number of amides is 3. The maximum absolute atomic E-state index is 12.9. The van der Waals surface area contributed by atoms with Gasteiger partial charge in [0.2, 0.25) is 11.8 Å². The summed E-state index contributed by atoms with van der Waals surface area (Å²) in [4.78, 5) is 51.2. The number of benzene rings is 2. The summed E-state index contributed by atoms with van der Waals surface area (Å²) >= 11 is 5.99. The van der Waals surface area contributed by atoms with Gasteiger partial charge in [-0.2, -0.15) is 0 Å². The molecule has 3 atom stereocenters. The van der Waals surface area contributed by atoms with Gasteiger partial charge in [0, 0.05) is 0 Å². The van der Waals surface area contributed by atoms with Crippen LogP contribution >= 0.6 is 11.6 Å². The summed E-state index contributed by atoms with van der Waals surface area (Å²) in [5.41, 5.74) is 1.03. The number of esters is 1. The van der Waals surface area contributed by atoms with Crippen LogP contribution in [0.25, 0.3) is 0 Å². The maximum atomic E-state index is 12.9. The van der Waals surface area contributed by atoms with Gasteiger partial charge in [0.1, 0.15) is 0 Å². The number of nitrogens with zero attached hydrogens (tertiary/aromatic N) is 1. The van der Waals surface area contributed by atoms with Gasteiger partial charge in [-0.05, 0) is 48.7 Å². The third kappa shape index (κ3) is 4.16. The van der Waals surface area contributed by atoms with E-state index in [1.807, 2.05) is 19.1 Å². The number of hydrogen-bond donors (Lipinski definition) is 1. The molecule has 2 aromatic carbocycles. The minimum Gasteiger partial charge on any atom is -0.452 e. The molecule has 4 rings (SSSR count). The van der Waals surface area contributed by atoms with Crippen molar-refractivity contribution in [2.45, 2.75) is 13.3 Å². The van der Waals surface area contributed by atoms with Crippen molar-refractivity contribution in [3.8, 4) is 0 Å². The predicted molar refractivity (Wildman–Crippen MR) is 119 cm³/mol. The molecule has 0 unspecified atom stereocenters. The molecule has 32 heavy (non-hydrogen) atoms. The molecule has 1 aliphatic heterocycles. The Kier molecular flexibility index (Phi) is 6.10. The van der Waals surface area contributed by atoms with Gasteiger partial charge >= 0.3 is 5.97 Å². The van der Waals surface area contributed by atoms with Gasteiger partial charge in [0.15, 0.2) is 6.61 Å². The van der Waals surface area contributed by atoms with E-state index < -0.39 is 18.5 Å². The summed E-state index contributed by atoms with van der Waals surface area (Å²) in [6, 6.07) is 12.7. The van der Waals surface area contributed by atoms with Gasteiger partial charge in [-0.3, -0.25) is 19.3 Å². The first-order chi connectivity index (χ1) is 15.4. The van der Waals surface area contributed by atoms with Crippen molar-refractivity contribution < 1.29 is 23.9 Å². The van der Waals surface area contributed by atoms with Crippen LogP contribution in [0.3, 0.4) is 0 Å². The minimum atomic E-state index is -0.698. The highest BCUT2D eigenvalue weighted by Gasteiger charge is 2.50. The average Bonchev–Trinajstić information content (AvgIpc) is 3.05. The van der Waals surface area contributed by atoms with Crippen LogP contribution in [0, 0.1) is 17.8 Å². The Morgan fingerprint density at radius 3 is 2.50 bits per heavy atom. The van der Waals surface area contributed by atoms with Crippen molar-refractivity contribution in [1.29, 1.82) is 0 Å². The molecule has 8 heteroatoms. The van der Waals surface area contributed by atoms with Crippen LogP contribution < -0.4 is 10.2 Å². The standard InChI is InChI=1S/C24H21ClN2O5/c1-14-5-4-6-17-21(14)23(30)27(22(17)29)16-11-9-15(10-12-16)24(31)32-13-20(28)26-19-8-3-2-7-18(19)25/h2-5,7-12,14,17,21H,6,13H2,1H3,(H,26,28)/t14-,17-,21+/m1/s1. The van der Waals surface area contributed by atoms with E-state index in [-0.39, 0.29) is 35.1 Å². The number of fused-ring (bicyclic) bond motifs is 1. The number of para-hydroxylation sites is 1. The molecule has 0 spiro atoms. The highest BCUT2D eigenvalue weighted by molar-refractivity contribution is 6.33. The first kappa shape index (κ1) is 21.8. The van der Waals surface area contributed by atoms with Gasteiger partial charge in [-0.1, -0.05) is 42.8 Å². The second-order valence-electron chi connectivity index (χ2n) is 7.82. The smallest absolute Gasteiger partial charge is 0.338 e. The van der Waals surface area contributed by atoms with Crippen LogP contribution in [0.4, 0.5) is 11.4 Å². The van der Waals surface area contributed by atoms with Gasteiger partial charge in [-0.25, -0.2) is 4.79 Å². The van der Waals surface area contributed by atoms with Gasteiger partial charge in [-0.15, -0.1) is 0 Å². The van der Waals surface area contributed by atoms with Crippen LogP contribution in [0.5, 0.6) is 0 Å². The monoisotopic (exact) mass is 452 g/mol. The second kappa shape index (κ2) is 8.96. The molecule has 1 saturated heterocycles. The maximum Gasteiger partial charge on any atom is 0.338 e. The summed E-state index contributed by atoms with van der Waals surface area (Å²) in [5.74, 6) is -2.36. The second-order valence-corrected chi connectivity index (χ2v) is 8.23. The first-order valence-electron chi connectivity index (χ1n) is 10.2. The van der Waals surface area contributed by atoms with E-state index in [2.05, 4.69) is 5.32 Å². The summed E-state index contributed by atoms with van der Waals surface area (Å²) in [6.07, 6.45) is 4.47. The lowest BCUT2D eigenvalue weighted by molar-refractivity contribution is -0.123. The number of carbonyl (C=O) groups excluding carboxylic acids is 4. The number of halogens is 1. The van der Waals surface area contributed by atoms with Gasteiger partial charge in [0.05, 0.1) is 33.8 Å². The summed E-state index contributed by atoms with van der Waals surface area (Å²) in [5, 5.41) is 2.94. The van der Waals surface area contributed by atoms with Gasteiger partial charge < -0.3 is 10.1 Å². The number of rotatable bonds is 5. The highest BCUT2D eigenvalue weighted by Crippen LogP contribution is 2.40. The number of hydrogen-bond acceptors (Lipinski definition) is 5. The van der Waals surface area contributed by atoms with Crippen LogP contribution in [-0.2, 0) is 19.1 Å². The zero-order valence-corrected chi connectivity index (χ0v) is 18.0. The summed E-state index contributed by atoms with van der Waals surface area (Å²) < 4.78 is 5.05.